The number of nitrogens with zero attached hydrogens (tertiary/aromatic N) is 2. The Hall–Kier alpha value is -2.06. The van der Waals surface area contributed by atoms with E-state index in [2.05, 4.69) is 32.7 Å². The van der Waals surface area contributed by atoms with Gasteiger partial charge in [-0.3, -0.25) is 9.69 Å². The van der Waals surface area contributed by atoms with Crippen LogP contribution in [-0.4, -0.2) is 46.9 Å². The summed E-state index contributed by atoms with van der Waals surface area (Å²) in [5.74, 6) is 0.355. The monoisotopic (exact) mass is 481 g/mol. The molecular formula is C22H23BrF3N3O. The highest BCUT2D eigenvalue weighted by Crippen LogP contribution is 2.36. The minimum absolute atomic E-state index is 0.00435. The Kier molecular flexibility index (Phi) is 5.81. The molecule has 1 atom stereocenters. The van der Waals surface area contributed by atoms with Crippen LogP contribution in [0.4, 0.5) is 13.2 Å². The molecule has 8 heteroatoms. The molecule has 2 aliphatic rings. The molecule has 1 aliphatic heterocycles. The van der Waals surface area contributed by atoms with Crippen molar-refractivity contribution in [3.63, 3.8) is 0 Å². The molecule has 1 unspecified atom stereocenters. The van der Waals surface area contributed by atoms with Crippen molar-refractivity contribution in [3.05, 3.63) is 62.9 Å². The largest absolute Gasteiger partial charge is 0.416 e. The maximum atomic E-state index is 12.9. The first-order valence-electron chi connectivity index (χ1n) is 9.97. The van der Waals surface area contributed by atoms with Crippen LogP contribution in [0.3, 0.4) is 0 Å². The second kappa shape index (κ2) is 8.23. The molecule has 1 fully saturated rings. The van der Waals surface area contributed by atoms with Crippen LogP contribution in [-0.2, 0) is 12.7 Å². The van der Waals surface area contributed by atoms with Crippen LogP contribution < -0.4 is 0 Å². The number of aromatic nitrogens is 1. The summed E-state index contributed by atoms with van der Waals surface area (Å²) < 4.78 is 39.2. The number of amides is 1. The van der Waals surface area contributed by atoms with E-state index in [4.69, 9.17) is 0 Å². The Labute approximate surface area is 181 Å². The highest BCUT2D eigenvalue weighted by atomic mass is 79.9. The van der Waals surface area contributed by atoms with Gasteiger partial charge in [-0.05, 0) is 52.2 Å². The summed E-state index contributed by atoms with van der Waals surface area (Å²) in [6.45, 7) is 5.29. The first-order chi connectivity index (χ1) is 14.2. The van der Waals surface area contributed by atoms with E-state index in [1.54, 1.807) is 0 Å². The molecule has 1 aromatic carbocycles. The van der Waals surface area contributed by atoms with Crippen molar-refractivity contribution in [3.8, 4) is 0 Å². The topological polar surface area (TPSA) is 39.3 Å². The average molecular weight is 482 g/mol. The van der Waals surface area contributed by atoms with Crippen LogP contribution in [0.1, 0.15) is 52.1 Å². The number of alkyl halides is 3. The number of allylic oxidation sites excluding steroid dienone is 1. The number of piperazine rings is 1. The average Bonchev–Trinajstić information content (AvgIpc) is 3.12. The van der Waals surface area contributed by atoms with Crippen molar-refractivity contribution in [2.45, 2.75) is 32.0 Å². The quantitative estimate of drug-likeness (QED) is 0.651. The molecule has 160 valence electrons. The number of hydrogen-bond donors (Lipinski definition) is 1. The molecule has 1 saturated heterocycles. The van der Waals surface area contributed by atoms with Crippen molar-refractivity contribution >= 4 is 27.9 Å². The number of fused-ring (bicyclic) bond motifs is 1. The molecule has 0 saturated carbocycles. The number of carbonyl (C=O) groups is 1. The number of carbonyl (C=O) groups excluding carboxylic acids is 1. The molecule has 0 spiro atoms. The van der Waals surface area contributed by atoms with Gasteiger partial charge in [-0.15, -0.1) is 0 Å². The number of halogens is 4. The van der Waals surface area contributed by atoms with Crippen molar-refractivity contribution in [1.29, 1.82) is 0 Å². The molecule has 30 heavy (non-hydrogen) atoms. The minimum Gasteiger partial charge on any atom is -0.351 e. The van der Waals surface area contributed by atoms with Crippen molar-refractivity contribution < 1.29 is 18.0 Å². The van der Waals surface area contributed by atoms with E-state index in [9.17, 15) is 18.0 Å². The Balaban J connectivity index is 1.35. The Morgan fingerprint density at radius 2 is 1.83 bits per heavy atom. The van der Waals surface area contributed by atoms with E-state index in [1.165, 1.54) is 17.7 Å². The standard InChI is InChI=1S/C22H23BrF3N3O/c1-14-10-17(23)11-19-18(14)12-20(27-19)21(30)29-8-6-28(7-9-29)13-15-2-4-16(5-3-15)22(24,25)26/h2-5,11-12,14,27H,6-10,13H2,1H3. The van der Waals surface area contributed by atoms with Crippen molar-refractivity contribution in [2.75, 3.05) is 26.2 Å². The van der Waals surface area contributed by atoms with Gasteiger partial charge in [0, 0.05) is 38.4 Å². The predicted octanol–water partition coefficient (Wildman–Crippen LogP) is 5.23. The second-order valence-electron chi connectivity index (χ2n) is 8.01. The van der Waals surface area contributed by atoms with Gasteiger partial charge in [0.1, 0.15) is 5.69 Å². The normalized spacial score (nSPS) is 20.1. The molecule has 4 rings (SSSR count). The lowest BCUT2D eigenvalue weighted by Crippen LogP contribution is -2.48. The maximum Gasteiger partial charge on any atom is 0.416 e. The van der Waals surface area contributed by atoms with E-state index in [-0.39, 0.29) is 5.91 Å². The van der Waals surface area contributed by atoms with Crippen LogP contribution in [0.25, 0.3) is 6.08 Å². The summed E-state index contributed by atoms with van der Waals surface area (Å²) in [6.07, 6.45) is -1.35. The molecule has 1 N–H and O–H groups in total. The number of nitrogens with one attached hydrogen (secondary N) is 1. The van der Waals surface area contributed by atoms with Gasteiger partial charge < -0.3 is 9.88 Å². The molecular weight excluding hydrogens is 459 g/mol. The Morgan fingerprint density at radius 1 is 1.17 bits per heavy atom. The van der Waals surface area contributed by atoms with Gasteiger partial charge >= 0.3 is 6.18 Å². The molecule has 2 aromatic rings. The van der Waals surface area contributed by atoms with Crippen LogP contribution in [0.15, 0.2) is 34.8 Å². The third kappa shape index (κ3) is 4.49. The second-order valence-corrected chi connectivity index (χ2v) is 9.03. The number of aromatic amines is 1. The third-order valence-electron chi connectivity index (χ3n) is 5.79. The summed E-state index contributed by atoms with van der Waals surface area (Å²) in [7, 11) is 0. The fraction of sp³-hybridized carbons (Fsp3) is 0.409. The van der Waals surface area contributed by atoms with Gasteiger partial charge in [0.15, 0.2) is 0 Å². The first kappa shape index (κ1) is 21.2. The zero-order chi connectivity index (χ0) is 21.5. The Bertz CT molecular complexity index is 957. The lowest BCUT2D eigenvalue weighted by Gasteiger charge is -2.34. The van der Waals surface area contributed by atoms with Gasteiger partial charge in [-0.25, -0.2) is 0 Å². The molecule has 1 aliphatic carbocycles. The predicted molar refractivity (Wildman–Crippen MR) is 113 cm³/mol. The maximum absolute atomic E-state index is 12.9. The molecule has 0 radical (unpaired) electrons. The fourth-order valence-electron chi connectivity index (χ4n) is 4.08. The zero-order valence-corrected chi connectivity index (χ0v) is 18.2. The summed E-state index contributed by atoms with van der Waals surface area (Å²) in [5, 5.41) is 0. The number of H-pyrrole nitrogens is 1. The molecule has 2 heterocycles. The Morgan fingerprint density at radius 3 is 2.47 bits per heavy atom. The lowest BCUT2D eigenvalue weighted by atomic mass is 9.93. The van der Waals surface area contributed by atoms with Gasteiger partial charge in [-0.2, -0.15) is 13.2 Å². The summed E-state index contributed by atoms with van der Waals surface area (Å²) >= 11 is 3.55. The fourth-order valence-corrected chi connectivity index (χ4v) is 4.80. The van der Waals surface area contributed by atoms with Crippen LogP contribution >= 0.6 is 15.9 Å². The van der Waals surface area contributed by atoms with Crippen LogP contribution in [0.5, 0.6) is 0 Å². The minimum atomic E-state index is -4.31. The van der Waals surface area contributed by atoms with Crippen LogP contribution in [0, 0.1) is 0 Å². The van der Waals surface area contributed by atoms with Gasteiger partial charge in [0.2, 0.25) is 0 Å². The summed E-state index contributed by atoms with van der Waals surface area (Å²) in [4.78, 5) is 20.2. The number of benzene rings is 1. The van der Waals surface area contributed by atoms with Crippen molar-refractivity contribution in [2.24, 2.45) is 0 Å². The first-order valence-corrected chi connectivity index (χ1v) is 10.8. The lowest BCUT2D eigenvalue weighted by molar-refractivity contribution is -0.137. The van der Waals surface area contributed by atoms with Gasteiger partial charge in [0.05, 0.1) is 5.56 Å². The molecule has 0 bridgehead atoms. The SMILES string of the molecule is CC1CC(Br)=Cc2[nH]c(C(=O)N3CCN(Cc4ccc(C(F)(F)F)cc4)CC3)cc21. The smallest absolute Gasteiger partial charge is 0.351 e. The third-order valence-corrected chi connectivity index (χ3v) is 6.34. The van der Waals surface area contributed by atoms with Gasteiger partial charge in [-0.1, -0.05) is 35.0 Å². The highest BCUT2D eigenvalue weighted by Gasteiger charge is 2.30. The van der Waals surface area contributed by atoms with E-state index in [0.717, 1.165) is 34.3 Å². The van der Waals surface area contributed by atoms with E-state index in [1.807, 2.05) is 17.0 Å². The van der Waals surface area contributed by atoms with Gasteiger partial charge in [0.25, 0.3) is 5.91 Å². The van der Waals surface area contributed by atoms with E-state index >= 15 is 0 Å². The van der Waals surface area contributed by atoms with E-state index in [0.29, 0.717) is 44.3 Å². The van der Waals surface area contributed by atoms with E-state index < -0.39 is 11.7 Å². The summed E-state index contributed by atoms with van der Waals surface area (Å²) in [5.41, 5.74) is 2.98. The van der Waals surface area contributed by atoms with Crippen molar-refractivity contribution in [1.82, 2.24) is 14.8 Å². The number of rotatable bonds is 3. The molecule has 1 aromatic heterocycles. The van der Waals surface area contributed by atoms with Crippen LogP contribution in [0.2, 0.25) is 0 Å². The molecule has 1 amide bonds. The highest BCUT2D eigenvalue weighted by molar-refractivity contribution is 9.11. The molecule has 4 nitrogen and oxygen atoms in total. The summed E-state index contributed by atoms with van der Waals surface area (Å²) in [6, 6.07) is 7.26. The zero-order valence-electron chi connectivity index (χ0n) is 16.6. The number of hydrogen-bond acceptors (Lipinski definition) is 2.